The predicted octanol–water partition coefficient (Wildman–Crippen LogP) is 1.75. The zero-order chi connectivity index (χ0) is 13.2. The molecule has 4 nitrogen and oxygen atoms in total. The fraction of sp³-hybridized carbons (Fsp3) is 0.636. The molecule has 1 N–H and O–H groups in total. The van der Waals surface area contributed by atoms with Crippen molar-refractivity contribution in [3.05, 3.63) is 18.1 Å². The molecule has 7 heteroatoms. The van der Waals surface area contributed by atoms with Crippen molar-refractivity contribution in [2.24, 2.45) is 5.92 Å². The Morgan fingerprint density at radius 1 is 1.33 bits per heavy atom. The Hall–Kier alpha value is -1.37. The van der Waals surface area contributed by atoms with E-state index in [-0.39, 0.29) is 25.3 Å². The first-order chi connectivity index (χ1) is 8.50. The molecule has 2 rings (SSSR count). The summed E-state index contributed by atoms with van der Waals surface area (Å²) in [6.07, 6.45) is -2.43. The van der Waals surface area contributed by atoms with E-state index >= 15 is 0 Å². The summed E-state index contributed by atoms with van der Waals surface area (Å²) in [4.78, 5) is 9.72. The number of aromatic nitrogens is 2. The summed E-state index contributed by atoms with van der Waals surface area (Å²) in [5.74, 6) is -0.354. The van der Waals surface area contributed by atoms with E-state index in [0.29, 0.717) is 18.9 Å². The Bertz CT molecular complexity index is 403. The lowest BCUT2D eigenvalue weighted by Gasteiger charge is -2.33. The first-order valence-electron chi connectivity index (χ1n) is 5.75. The number of aliphatic hydroxyl groups is 1. The maximum atomic E-state index is 12.5. The van der Waals surface area contributed by atoms with E-state index in [1.807, 2.05) is 0 Å². The third-order valence-corrected chi connectivity index (χ3v) is 3.11. The van der Waals surface area contributed by atoms with Crippen LogP contribution in [0.3, 0.4) is 0 Å². The van der Waals surface area contributed by atoms with E-state index in [1.54, 1.807) is 11.0 Å². The molecule has 0 unspecified atom stereocenters. The Kier molecular flexibility index (Phi) is 3.70. The maximum absolute atomic E-state index is 12.5. The normalized spacial score (nSPS) is 18.1. The molecule has 0 atom stereocenters. The van der Waals surface area contributed by atoms with Gasteiger partial charge in [-0.25, -0.2) is 9.97 Å². The van der Waals surface area contributed by atoms with Gasteiger partial charge in [0.2, 0.25) is 0 Å². The van der Waals surface area contributed by atoms with E-state index in [9.17, 15) is 13.2 Å². The summed E-state index contributed by atoms with van der Waals surface area (Å²) in [5.41, 5.74) is 0. The number of anilines is 1. The molecule has 0 aromatic carbocycles. The summed E-state index contributed by atoms with van der Waals surface area (Å²) >= 11 is 0. The van der Waals surface area contributed by atoms with E-state index in [2.05, 4.69) is 9.97 Å². The minimum absolute atomic E-state index is 0.0853. The van der Waals surface area contributed by atoms with E-state index < -0.39 is 12.1 Å². The molecule has 1 aromatic rings. The van der Waals surface area contributed by atoms with Crippen molar-refractivity contribution in [3.63, 3.8) is 0 Å². The Morgan fingerprint density at radius 2 is 2.00 bits per heavy atom. The number of hydrogen-bond donors (Lipinski definition) is 1. The van der Waals surface area contributed by atoms with Gasteiger partial charge < -0.3 is 10.0 Å². The van der Waals surface area contributed by atoms with Gasteiger partial charge in [-0.3, -0.25) is 0 Å². The highest BCUT2D eigenvalue weighted by Crippen LogP contribution is 2.34. The van der Waals surface area contributed by atoms with Crippen LogP contribution in [0.4, 0.5) is 19.0 Å². The molecular weight excluding hydrogens is 247 g/mol. The van der Waals surface area contributed by atoms with Crippen LogP contribution in [0.5, 0.6) is 0 Å². The van der Waals surface area contributed by atoms with Crippen LogP contribution in [-0.4, -0.2) is 34.3 Å². The number of aliphatic hydroxyl groups excluding tert-OH is 1. The van der Waals surface area contributed by atoms with Gasteiger partial charge in [-0.15, -0.1) is 0 Å². The van der Waals surface area contributed by atoms with Crippen LogP contribution >= 0.6 is 0 Å². The minimum atomic E-state index is -4.10. The fourth-order valence-corrected chi connectivity index (χ4v) is 2.08. The van der Waals surface area contributed by atoms with Gasteiger partial charge in [-0.2, -0.15) is 13.2 Å². The predicted molar refractivity (Wildman–Crippen MR) is 58.9 cm³/mol. The van der Waals surface area contributed by atoms with Crippen molar-refractivity contribution in [1.82, 2.24) is 9.97 Å². The summed E-state index contributed by atoms with van der Waals surface area (Å²) < 4.78 is 37.5. The van der Waals surface area contributed by atoms with Crippen LogP contribution in [-0.2, 0) is 6.61 Å². The van der Waals surface area contributed by atoms with Crippen molar-refractivity contribution in [3.8, 4) is 0 Å². The second kappa shape index (κ2) is 5.09. The summed E-state index contributed by atoms with van der Waals surface area (Å²) in [6, 6.07) is 1.65. The molecule has 1 fully saturated rings. The van der Waals surface area contributed by atoms with Gasteiger partial charge in [0.1, 0.15) is 12.4 Å². The van der Waals surface area contributed by atoms with Crippen molar-refractivity contribution in [2.45, 2.75) is 25.6 Å². The second-order valence-corrected chi connectivity index (χ2v) is 4.29. The summed E-state index contributed by atoms with van der Waals surface area (Å²) in [5, 5.41) is 8.92. The topological polar surface area (TPSA) is 49.3 Å². The first-order valence-corrected chi connectivity index (χ1v) is 5.75. The highest BCUT2D eigenvalue weighted by molar-refractivity contribution is 5.37. The largest absolute Gasteiger partial charge is 0.391 e. The SMILES string of the molecule is OCc1nccc(N2CCC(C(F)(F)F)CC2)n1. The van der Waals surface area contributed by atoms with Crippen LogP contribution in [0.1, 0.15) is 18.7 Å². The molecule has 1 saturated heterocycles. The zero-order valence-electron chi connectivity index (χ0n) is 9.69. The number of piperidine rings is 1. The molecule has 0 amide bonds. The lowest BCUT2D eigenvalue weighted by atomic mass is 9.96. The zero-order valence-corrected chi connectivity index (χ0v) is 9.69. The third-order valence-electron chi connectivity index (χ3n) is 3.11. The quantitative estimate of drug-likeness (QED) is 0.881. The van der Waals surface area contributed by atoms with Crippen molar-refractivity contribution >= 4 is 5.82 Å². The molecule has 100 valence electrons. The van der Waals surface area contributed by atoms with Gasteiger partial charge in [0, 0.05) is 19.3 Å². The number of nitrogens with zero attached hydrogens (tertiary/aromatic N) is 3. The Balaban J connectivity index is 2.01. The molecule has 0 saturated carbocycles. The van der Waals surface area contributed by atoms with Gasteiger partial charge in [-0.05, 0) is 18.9 Å². The van der Waals surface area contributed by atoms with Crippen molar-refractivity contribution < 1.29 is 18.3 Å². The van der Waals surface area contributed by atoms with Crippen LogP contribution in [0.15, 0.2) is 12.3 Å². The number of halogens is 3. The van der Waals surface area contributed by atoms with Gasteiger partial charge in [0.15, 0.2) is 5.82 Å². The smallest absolute Gasteiger partial charge is 0.388 e. The van der Waals surface area contributed by atoms with Gasteiger partial charge in [0.25, 0.3) is 0 Å². The standard InChI is InChI=1S/C11H14F3N3O/c12-11(13,14)8-2-5-17(6-3-8)10-1-4-15-9(7-18)16-10/h1,4,8,18H,2-3,5-7H2. The van der Waals surface area contributed by atoms with E-state index in [0.717, 1.165) is 0 Å². The summed E-state index contributed by atoms with van der Waals surface area (Å²) in [6.45, 7) is 0.380. The maximum Gasteiger partial charge on any atom is 0.391 e. The van der Waals surface area contributed by atoms with Gasteiger partial charge >= 0.3 is 6.18 Å². The van der Waals surface area contributed by atoms with E-state index in [1.165, 1.54) is 6.20 Å². The molecule has 18 heavy (non-hydrogen) atoms. The monoisotopic (exact) mass is 261 g/mol. The van der Waals surface area contributed by atoms with Gasteiger partial charge in [0.05, 0.1) is 5.92 Å². The van der Waals surface area contributed by atoms with E-state index in [4.69, 9.17) is 5.11 Å². The highest BCUT2D eigenvalue weighted by Gasteiger charge is 2.41. The first kappa shape index (κ1) is 13.1. The van der Waals surface area contributed by atoms with Crippen LogP contribution < -0.4 is 4.90 Å². The molecule has 2 heterocycles. The number of alkyl halides is 3. The fourth-order valence-electron chi connectivity index (χ4n) is 2.08. The molecular formula is C11H14F3N3O. The lowest BCUT2D eigenvalue weighted by Crippen LogP contribution is -2.39. The average molecular weight is 261 g/mol. The second-order valence-electron chi connectivity index (χ2n) is 4.29. The number of rotatable bonds is 2. The summed E-state index contributed by atoms with van der Waals surface area (Å²) in [7, 11) is 0. The molecule has 0 bridgehead atoms. The lowest BCUT2D eigenvalue weighted by molar-refractivity contribution is -0.179. The Labute approximate surface area is 102 Å². The van der Waals surface area contributed by atoms with Gasteiger partial charge in [-0.1, -0.05) is 0 Å². The van der Waals surface area contributed by atoms with Crippen molar-refractivity contribution in [1.29, 1.82) is 0 Å². The van der Waals surface area contributed by atoms with Crippen LogP contribution in [0, 0.1) is 5.92 Å². The molecule has 1 aromatic heterocycles. The average Bonchev–Trinajstić information content (AvgIpc) is 2.38. The van der Waals surface area contributed by atoms with Crippen molar-refractivity contribution in [2.75, 3.05) is 18.0 Å². The molecule has 1 aliphatic heterocycles. The highest BCUT2D eigenvalue weighted by atomic mass is 19.4. The molecule has 1 aliphatic rings. The minimum Gasteiger partial charge on any atom is -0.388 e. The Morgan fingerprint density at radius 3 is 2.56 bits per heavy atom. The number of hydrogen-bond acceptors (Lipinski definition) is 4. The molecule has 0 spiro atoms. The molecule has 0 radical (unpaired) electrons. The molecule has 0 aliphatic carbocycles. The third kappa shape index (κ3) is 2.90. The van der Waals surface area contributed by atoms with Crippen LogP contribution in [0.25, 0.3) is 0 Å². The van der Waals surface area contributed by atoms with Crippen LogP contribution in [0.2, 0.25) is 0 Å².